The first-order valence-corrected chi connectivity index (χ1v) is 21.3. The quantitative estimate of drug-likeness (QED) is 0.167. The van der Waals surface area contributed by atoms with Crippen LogP contribution in [0.3, 0.4) is 0 Å². The van der Waals surface area contributed by atoms with Gasteiger partial charge in [0.15, 0.2) is 0 Å². The van der Waals surface area contributed by atoms with Gasteiger partial charge in [-0.25, -0.2) is 0 Å². The first-order chi connectivity index (χ1) is 29.9. The topological polar surface area (TPSA) is 16.4 Å². The van der Waals surface area contributed by atoms with Gasteiger partial charge in [0, 0.05) is 38.5 Å². The summed E-state index contributed by atoms with van der Waals surface area (Å²) in [6.45, 7) is 7.13. The van der Waals surface area contributed by atoms with Gasteiger partial charge >= 0.3 is 0 Å². The summed E-state index contributed by atoms with van der Waals surface area (Å²) in [7, 11) is 0. The molecule has 1 heterocycles. The lowest BCUT2D eigenvalue weighted by molar-refractivity contribution is 0.662. The summed E-state index contributed by atoms with van der Waals surface area (Å²) >= 11 is 0. The van der Waals surface area contributed by atoms with Crippen LogP contribution < -0.4 is 4.90 Å². The molecule has 1 atom stereocenters. The van der Waals surface area contributed by atoms with Crippen LogP contribution in [0.1, 0.15) is 48.6 Å². The number of para-hydroxylation sites is 2. The molecule has 0 N–H and O–H groups in total. The molecule has 2 nitrogen and oxygen atoms in total. The second-order valence-electron chi connectivity index (χ2n) is 17.4. The van der Waals surface area contributed by atoms with E-state index in [4.69, 9.17) is 4.42 Å². The smallest absolute Gasteiger partial charge is 0.135 e. The number of anilines is 3. The van der Waals surface area contributed by atoms with Gasteiger partial charge in [-0.15, -0.1) is 0 Å². The molecule has 10 aromatic rings. The summed E-state index contributed by atoms with van der Waals surface area (Å²) in [5, 5.41) is 2.24. The molecule has 61 heavy (non-hydrogen) atoms. The zero-order valence-corrected chi connectivity index (χ0v) is 34.5. The van der Waals surface area contributed by atoms with Gasteiger partial charge in [0.25, 0.3) is 0 Å². The molecule has 2 aliphatic rings. The van der Waals surface area contributed by atoms with E-state index in [1.807, 2.05) is 12.1 Å². The highest BCUT2D eigenvalue weighted by Crippen LogP contribution is 2.55. The third-order valence-electron chi connectivity index (χ3n) is 13.8. The number of hydrogen-bond acceptors (Lipinski definition) is 2. The molecule has 0 spiro atoms. The molecule has 2 heteroatoms. The summed E-state index contributed by atoms with van der Waals surface area (Å²) in [4.78, 5) is 2.46. The minimum absolute atomic E-state index is 0.110. The number of nitrogens with zero attached hydrogens (tertiary/aromatic N) is 1. The minimum atomic E-state index is -0.330. The Morgan fingerprint density at radius 1 is 0.377 bits per heavy atom. The lowest BCUT2D eigenvalue weighted by Crippen LogP contribution is -2.22. The number of furan rings is 1. The summed E-state index contributed by atoms with van der Waals surface area (Å²) in [6.07, 6.45) is 0. The molecule has 290 valence electrons. The average molecular weight is 782 g/mol. The molecule has 0 fully saturated rings. The Labute approximate surface area is 357 Å². The SMILES string of the molecule is CC1(C)c2ccccc2-c2cccc(-c3ccc(N(c4ccc5c(c4)C(C)(c4ccccc4)c4ccccc4-5)c4ccccc4-c4ccc5oc6ccccc6c5c4)cc3)c21. The third kappa shape index (κ3) is 5.22. The van der Waals surface area contributed by atoms with Crippen molar-refractivity contribution in [3.8, 4) is 44.5 Å². The van der Waals surface area contributed by atoms with Crippen LogP contribution in [0.5, 0.6) is 0 Å². The Balaban J connectivity index is 1.05. The number of fused-ring (bicyclic) bond motifs is 9. The first kappa shape index (κ1) is 35.5. The summed E-state index contributed by atoms with van der Waals surface area (Å²) in [6, 6.07) is 75.8. The van der Waals surface area contributed by atoms with E-state index in [0.29, 0.717) is 0 Å². The maximum atomic E-state index is 6.28. The lowest BCUT2D eigenvalue weighted by Gasteiger charge is -2.31. The van der Waals surface area contributed by atoms with Gasteiger partial charge < -0.3 is 9.32 Å². The second-order valence-corrected chi connectivity index (χ2v) is 17.4. The van der Waals surface area contributed by atoms with Crippen molar-refractivity contribution in [2.75, 3.05) is 4.90 Å². The fraction of sp³-hybridized carbons (Fsp3) is 0.0847. The van der Waals surface area contributed by atoms with Crippen LogP contribution in [0.4, 0.5) is 17.1 Å². The van der Waals surface area contributed by atoms with E-state index >= 15 is 0 Å². The van der Waals surface area contributed by atoms with E-state index in [1.165, 1.54) is 61.2 Å². The first-order valence-electron chi connectivity index (χ1n) is 21.3. The highest BCUT2D eigenvalue weighted by molar-refractivity contribution is 6.07. The minimum Gasteiger partial charge on any atom is -0.456 e. The largest absolute Gasteiger partial charge is 0.456 e. The lowest BCUT2D eigenvalue weighted by atomic mass is 9.74. The van der Waals surface area contributed by atoms with Gasteiger partial charge in [0.2, 0.25) is 0 Å². The Kier molecular flexibility index (Phi) is 7.74. The van der Waals surface area contributed by atoms with E-state index in [1.54, 1.807) is 0 Å². The van der Waals surface area contributed by atoms with Crippen LogP contribution in [0.25, 0.3) is 66.4 Å². The highest BCUT2D eigenvalue weighted by atomic mass is 16.3. The molecule has 0 saturated carbocycles. The summed E-state index contributed by atoms with van der Waals surface area (Å²) in [5.41, 5.74) is 21.4. The molecule has 0 radical (unpaired) electrons. The molecule has 1 aromatic heterocycles. The maximum absolute atomic E-state index is 6.28. The number of rotatable bonds is 6. The van der Waals surface area contributed by atoms with Crippen molar-refractivity contribution in [2.45, 2.75) is 31.6 Å². The fourth-order valence-electron chi connectivity index (χ4n) is 10.8. The zero-order valence-electron chi connectivity index (χ0n) is 34.5. The predicted molar refractivity (Wildman–Crippen MR) is 254 cm³/mol. The molecule has 2 aliphatic carbocycles. The Morgan fingerprint density at radius 3 is 1.79 bits per heavy atom. The summed E-state index contributed by atoms with van der Waals surface area (Å²) < 4.78 is 6.28. The Hall–Kier alpha value is -7.42. The Bertz CT molecular complexity index is 3350. The van der Waals surface area contributed by atoms with Crippen molar-refractivity contribution in [1.29, 1.82) is 0 Å². The van der Waals surface area contributed by atoms with Crippen molar-refractivity contribution in [3.63, 3.8) is 0 Å². The van der Waals surface area contributed by atoms with Gasteiger partial charge in [-0.3, -0.25) is 0 Å². The normalized spacial score (nSPS) is 15.7. The van der Waals surface area contributed by atoms with Crippen molar-refractivity contribution >= 4 is 39.0 Å². The van der Waals surface area contributed by atoms with Gasteiger partial charge in [-0.2, -0.15) is 0 Å². The Morgan fingerprint density at radius 2 is 0.967 bits per heavy atom. The molecular formula is C59H43NO. The van der Waals surface area contributed by atoms with Crippen LogP contribution in [-0.2, 0) is 10.8 Å². The van der Waals surface area contributed by atoms with Gasteiger partial charge in [-0.1, -0.05) is 172 Å². The fourth-order valence-corrected chi connectivity index (χ4v) is 10.8. The average Bonchev–Trinajstić information content (AvgIpc) is 3.90. The molecule has 0 bridgehead atoms. The monoisotopic (exact) mass is 781 g/mol. The molecule has 9 aromatic carbocycles. The molecule has 0 aliphatic heterocycles. The molecule has 0 saturated heterocycles. The highest BCUT2D eigenvalue weighted by Gasteiger charge is 2.41. The van der Waals surface area contributed by atoms with Crippen LogP contribution in [0, 0.1) is 0 Å². The van der Waals surface area contributed by atoms with Gasteiger partial charge in [0.05, 0.1) is 5.69 Å². The maximum Gasteiger partial charge on any atom is 0.135 e. The van der Waals surface area contributed by atoms with E-state index in [-0.39, 0.29) is 10.8 Å². The molecular weight excluding hydrogens is 739 g/mol. The van der Waals surface area contributed by atoms with Gasteiger partial charge in [0.1, 0.15) is 11.2 Å². The second kappa shape index (κ2) is 13.3. The van der Waals surface area contributed by atoms with Crippen molar-refractivity contribution in [2.24, 2.45) is 0 Å². The molecule has 0 amide bonds. The van der Waals surface area contributed by atoms with E-state index in [0.717, 1.165) is 50.1 Å². The number of benzene rings is 9. The van der Waals surface area contributed by atoms with Crippen molar-refractivity contribution < 1.29 is 4.42 Å². The predicted octanol–water partition coefficient (Wildman–Crippen LogP) is 16.0. The standard InChI is InChI=1S/C59H43NO/c1-58(2)51-24-11-7-20-46(51)49-23-15-22-44(57(49)58)38-28-31-41(32-29-38)60(54-26-13-9-18-43(54)39-30-35-56-50(36-39)48-21-10-14-27-55(48)61-56)42-33-34-47-45-19-8-12-25-52(45)59(3,53(47)37-42)40-16-5-4-6-17-40/h4-37H,1-3H3. The van der Waals surface area contributed by atoms with Crippen LogP contribution in [0.15, 0.2) is 211 Å². The number of hydrogen-bond donors (Lipinski definition) is 0. The van der Waals surface area contributed by atoms with Crippen molar-refractivity contribution in [3.05, 3.63) is 234 Å². The zero-order chi connectivity index (χ0) is 40.9. The van der Waals surface area contributed by atoms with Crippen LogP contribution in [-0.4, -0.2) is 0 Å². The molecule has 12 rings (SSSR count). The van der Waals surface area contributed by atoms with E-state index in [2.05, 4.69) is 220 Å². The third-order valence-corrected chi connectivity index (χ3v) is 13.8. The molecule has 1 unspecified atom stereocenters. The van der Waals surface area contributed by atoms with Crippen molar-refractivity contribution in [1.82, 2.24) is 0 Å². The van der Waals surface area contributed by atoms with Crippen LogP contribution >= 0.6 is 0 Å². The van der Waals surface area contributed by atoms with E-state index in [9.17, 15) is 0 Å². The van der Waals surface area contributed by atoms with E-state index < -0.39 is 0 Å². The van der Waals surface area contributed by atoms with Crippen LogP contribution in [0.2, 0.25) is 0 Å². The van der Waals surface area contributed by atoms with Gasteiger partial charge in [-0.05, 0) is 122 Å². The summed E-state index contributed by atoms with van der Waals surface area (Å²) in [5.74, 6) is 0.